The van der Waals surface area contributed by atoms with Crippen LogP contribution in [-0.2, 0) is 0 Å². The number of quaternary nitrogens is 1. The zero-order valence-corrected chi connectivity index (χ0v) is 18.4. The van der Waals surface area contributed by atoms with Gasteiger partial charge in [0, 0.05) is 0 Å². The minimum Gasteiger partial charge on any atom is -0.636 e. The molecule has 0 bridgehead atoms. The standard InChI is InChI=1S/C24H51NO/c1-3-5-7-9-11-13-14-15-17-19-21-23-24(25-26)22-20-18-16-12-10-8-6-4-2/h24H,3-23,25H2,1-2H3. The van der Waals surface area contributed by atoms with Crippen LogP contribution in [-0.4, -0.2) is 6.04 Å². The van der Waals surface area contributed by atoms with Crippen molar-refractivity contribution in [2.24, 2.45) is 0 Å². The van der Waals surface area contributed by atoms with Crippen molar-refractivity contribution in [3.8, 4) is 0 Å². The molecule has 1 atom stereocenters. The van der Waals surface area contributed by atoms with Gasteiger partial charge in [0.05, 0.1) is 6.04 Å². The molecule has 0 saturated heterocycles. The fraction of sp³-hybridized carbons (Fsp3) is 1.00. The fourth-order valence-electron chi connectivity index (χ4n) is 3.89. The first-order valence-electron chi connectivity index (χ1n) is 12.3. The molecule has 0 aliphatic carbocycles. The normalized spacial score (nSPS) is 12.6. The minimum absolute atomic E-state index is 0.341. The first-order chi connectivity index (χ1) is 12.8. The van der Waals surface area contributed by atoms with Crippen molar-refractivity contribution in [2.45, 2.75) is 155 Å². The Hall–Kier alpha value is -0.0800. The van der Waals surface area contributed by atoms with Crippen molar-refractivity contribution >= 4 is 0 Å². The van der Waals surface area contributed by atoms with Crippen LogP contribution in [0.1, 0.15) is 149 Å². The summed E-state index contributed by atoms with van der Waals surface area (Å²) in [6.45, 7) is 4.56. The van der Waals surface area contributed by atoms with Gasteiger partial charge >= 0.3 is 0 Å². The van der Waals surface area contributed by atoms with E-state index in [2.05, 4.69) is 13.8 Å². The van der Waals surface area contributed by atoms with Crippen molar-refractivity contribution in [1.82, 2.24) is 0 Å². The molecule has 0 aromatic carbocycles. The topological polar surface area (TPSA) is 39.7 Å². The fourth-order valence-corrected chi connectivity index (χ4v) is 3.89. The van der Waals surface area contributed by atoms with E-state index in [0.29, 0.717) is 6.04 Å². The molecule has 0 amide bonds. The largest absolute Gasteiger partial charge is 0.636 e. The van der Waals surface area contributed by atoms with Crippen LogP contribution in [0.4, 0.5) is 0 Å². The zero-order valence-electron chi connectivity index (χ0n) is 18.4. The van der Waals surface area contributed by atoms with Gasteiger partial charge < -0.3 is 10.7 Å². The molecule has 2 nitrogen and oxygen atoms in total. The van der Waals surface area contributed by atoms with Crippen LogP contribution in [0.15, 0.2) is 0 Å². The van der Waals surface area contributed by atoms with E-state index in [4.69, 9.17) is 0 Å². The Morgan fingerprint density at radius 2 is 0.731 bits per heavy atom. The number of nitrogens with two attached hydrogens (primary N) is 1. The van der Waals surface area contributed by atoms with E-state index in [9.17, 15) is 5.21 Å². The Morgan fingerprint density at radius 3 is 1.00 bits per heavy atom. The molecule has 158 valence electrons. The molecule has 0 heterocycles. The number of unbranched alkanes of at least 4 members (excludes halogenated alkanes) is 17. The predicted octanol–water partition coefficient (Wildman–Crippen LogP) is 7.65. The van der Waals surface area contributed by atoms with E-state index >= 15 is 0 Å². The second-order valence-electron chi connectivity index (χ2n) is 8.48. The van der Waals surface area contributed by atoms with Crippen molar-refractivity contribution in [2.75, 3.05) is 0 Å². The Bertz CT molecular complexity index is 244. The summed E-state index contributed by atoms with van der Waals surface area (Å²) in [5, 5.41) is 11.3. The van der Waals surface area contributed by atoms with Crippen LogP contribution >= 0.6 is 0 Å². The summed E-state index contributed by atoms with van der Waals surface area (Å²) in [5.41, 5.74) is 1.23. The van der Waals surface area contributed by atoms with Gasteiger partial charge in [0.1, 0.15) is 0 Å². The molecule has 0 rings (SSSR count). The summed E-state index contributed by atoms with van der Waals surface area (Å²) in [5.74, 6) is 0. The summed E-state index contributed by atoms with van der Waals surface area (Å²) >= 11 is 0. The number of hydrogen-bond acceptors (Lipinski definition) is 1. The molecule has 0 aliphatic rings. The smallest absolute Gasteiger partial charge is 0.0856 e. The zero-order chi connectivity index (χ0) is 19.1. The van der Waals surface area contributed by atoms with E-state index < -0.39 is 0 Å². The number of hydrogen-bond donors (Lipinski definition) is 1. The molecule has 0 aliphatic heterocycles. The maximum absolute atomic E-state index is 11.3. The molecule has 0 saturated carbocycles. The Kier molecular flexibility index (Phi) is 22.9. The van der Waals surface area contributed by atoms with Crippen LogP contribution < -0.4 is 5.48 Å². The molecule has 1 unspecified atom stereocenters. The van der Waals surface area contributed by atoms with Gasteiger partial charge in [-0.1, -0.05) is 123 Å². The van der Waals surface area contributed by atoms with E-state index in [1.165, 1.54) is 127 Å². The van der Waals surface area contributed by atoms with Crippen molar-refractivity contribution in [1.29, 1.82) is 0 Å². The molecular formula is C24H51NO. The van der Waals surface area contributed by atoms with Crippen molar-refractivity contribution in [3.63, 3.8) is 0 Å². The lowest BCUT2D eigenvalue weighted by Gasteiger charge is -2.17. The van der Waals surface area contributed by atoms with Gasteiger partial charge in [-0.3, -0.25) is 0 Å². The summed E-state index contributed by atoms with van der Waals surface area (Å²) in [4.78, 5) is 0. The van der Waals surface area contributed by atoms with E-state index in [0.717, 1.165) is 12.8 Å². The van der Waals surface area contributed by atoms with E-state index in [1.807, 2.05) is 0 Å². The van der Waals surface area contributed by atoms with Gasteiger partial charge in [0.25, 0.3) is 0 Å². The molecule has 26 heavy (non-hydrogen) atoms. The highest BCUT2D eigenvalue weighted by Gasteiger charge is 2.07. The van der Waals surface area contributed by atoms with Crippen LogP contribution in [0.3, 0.4) is 0 Å². The first-order valence-corrected chi connectivity index (χ1v) is 12.3. The lowest BCUT2D eigenvalue weighted by atomic mass is 10.00. The highest BCUT2D eigenvalue weighted by molar-refractivity contribution is 4.58. The van der Waals surface area contributed by atoms with Gasteiger partial charge in [-0.2, -0.15) is 0 Å². The van der Waals surface area contributed by atoms with E-state index in [-0.39, 0.29) is 0 Å². The Balaban J connectivity index is 3.27. The molecule has 0 aromatic heterocycles. The minimum atomic E-state index is 0.341. The van der Waals surface area contributed by atoms with Crippen LogP contribution in [0.25, 0.3) is 0 Å². The summed E-state index contributed by atoms with van der Waals surface area (Å²) in [7, 11) is 0. The van der Waals surface area contributed by atoms with E-state index in [1.54, 1.807) is 0 Å². The average Bonchev–Trinajstić information content (AvgIpc) is 2.66. The van der Waals surface area contributed by atoms with Gasteiger partial charge in [0.2, 0.25) is 0 Å². The molecule has 2 N–H and O–H groups in total. The third-order valence-corrected chi connectivity index (χ3v) is 5.80. The molecule has 2 heteroatoms. The predicted molar refractivity (Wildman–Crippen MR) is 117 cm³/mol. The highest BCUT2D eigenvalue weighted by Crippen LogP contribution is 2.14. The lowest BCUT2D eigenvalue weighted by Crippen LogP contribution is -2.84. The third-order valence-electron chi connectivity index (χ3n) is 5.80. The number of rotatable bonds is 22. The molecular weight excluding hydrogens is 318 g/mol. The number of hydroxylamine groups is 1. The summed E-state index contributed by atoms with van der Waals surface area (Å²) in [6.07, 6.45) is 28.4. The quantitative estimate of drug-likeness (QED) is 0.154. The summed E-state index contributed by atoms with van der Waals surface area (Å²) < 4.78 is 0. The van der Waals surface area contributed by atoms with Gasteiger partial charge in [-0.15, -0.1) is 0 Å². The lowest BCUT2D eigenvalue weighted by molar-refractivity contribution is -0.629. The van der Waals surface area contributed by atoms with Crippen LogP contribution in [0, 0.1) is 5.21 Å². The van der Waals surface area contributed by atoms with Gasteiger partial charge in [0.15, 0.2) is 0 Å². The van der Waals surface area contributed by atoms with Crippen molar-refractivity contribution < 1.29 is 5.48 Å². The highest BCUT2D eigenvalue weighted by atomic mass is 16.5. The monoisotopic (exact) mass is 369 g/mol. The van der Waals surface area contributed by atoms with Crippen LogP contribution in [0.2, 0.25) is 0 Å². The van der Waals surface area contributed by atoms with Crippen LogP contribution in [0.5, 0.6) is 0 Å². The van der Waals surface area contributed by atoms with Gasteiger partial charge in [-0.25, -0.2) is 0 Å². The third kappa shape index (κ3) is 20.2. The molecule has 0 aromatic rings. The summed E-state index contributed by atoms with van der Waals surface area (Å²) in [6, 6.07) is 0.341. The first kappa shape index (κ1) is 25.9. The Labute approximate surface area is 165 Å². The average molecular weight is 370 g/mol. The van der Waals surface area contributed by atoms with Gasteiger partial charge in [-0.05, 0) is 25.7 Å². The molecule has 0 fully saturated rings. The Morgan fingerprint density at radius 1 is 0.462 bits per heavy atom. The molecule has 0 spiro atoms. The molecule has 0 radical (unpaired) electrons. The maximum atomic E-state index is 11.3. The second-order valence-corrected chi connectivity index (χ2v) is 8.48. The second kappa shape index (κ2) is 23.0. The maximum Gasteiger partial charge on any atom is 0.0856 e. The SMILES string of the molecule is CCCCCCCCCCCCCC(CCCCCCCCCC)[NH2+][O-]. The van der Waals surface area contributed by atoms with Crippen molar-refractivity contribution in [3.05, 3.63) is 5.21 Å².